The molecule has 3 nitrogen and oxygen atoms in total. The van der Waals surface area contributed by atoms with Gasteiger partial charge in [-0.2, -0.15) is 0 Å². The summed E-state index contributed by atoms with van der Waals surface area (Å²) in [6.45, 7) is 1.41. The Bertz CT molecular complexity index is 687. The highest BCUT2D eigenvalue weighted by atomic mass is 35.5. The Hall–Kier alpha value is -2.26. The lowest BCUT2D eigenvalue weighted by Gasteiger charge is -2.06. The van der Waals surface area contributed by atoms with E-state index in [2.05, 4.69) is 0 Å². The van der Waals surface area contributed by atoms with Crippen LogP contribution in [0.1, 0.15) is 43.6 Å². The van der Waals surface area contributed by atoms with Crippen LogP contribution in [-0.2, 0) is 0 Å². The first-order valence-corrected chi connectivity index (χ1v) is 6.31. The molecule has 0 heterocycles. The Morgan fingerprint density at radius 2 is 1.60 bits per heavy atom. The second-order valence-electron chi connectivity index (χ2n) is 4.31. The molecule has 0 saturated carbocycles. The third-order valence-corrected chi connectivity index (χ3v) is 3.19. The Kier molecular flexibility index (Phi) is 4.11. The van der Waals surface area contributed by atoms with E-state index in [4.69, 9.17) is 11.6 Å². The van der Waals surface area contributed by atoms with Gasteiger partial charge in [-0.1, -0.05) is 17.7 Å². The highest BCUT2D eigenvalue weighted by Gasteiger charge is 2.14. The van der Waals surface area contributed by atoms with E-state index in [0.29, 0.717) is 22.4 Å². The molecular formula is C16H11ClO3. The summed E-state index contributed by atoms with van der Waals surface area (Å²) in [6.07, 6.45) is 0.579. The van der Waals surface area contributed by atoms with Gasteiger partial charge in [-0.15, -0.1) is 0 Å². The van der Waals surface area contributed by atoms with Crippen molar-refractivity contribution in [3.8, 4) is 0 Å². The fraction of sp³-hybridized carbons (Fsp3) is 0.0625. The van der Waals surface area contributed by atoms with Crippen LogP contribution in [0, 0.1) is 0 Å². The molecule has 0 radical (unpaired) electrons. The number of hydrogen-bond donors (Lipinski definition) is 0. The molecule has 0 saturated heterocycles. The van der Waals surface area contributed by atoms with E-state index >= 15 is 0 Å². The van der Waals surface area contributed by atoms with E-state index in [1.807, 2.05) is 0 Å². The fourth-order valence-electron chi connectivity index (χ4n) is 1.84. The minimum Gasteiger partial charge on any atom is -0.298 e. The zero-order valence-corrected chi connectivity index (χ0v) is 11.5. The maximum Gasteiger partial charge on any atom is 0.193 e. The summed E-state index contributed by atoms with van der Waals surface area (Å²) in [7, 11) is 0. The second kappa shape index (κ2) is 5.80. The number of aldehydes is 1. The van der Waals surface area contributed by atoms with Gasteiger partial charge < -0.3 is 0 Å². The van der Waals surface area contributed by atoms with Crippen LogP contribution >= 0.6 is 11.6 Å². The van der Waals surface area contributed by atoms with Gasteiger partial charge in [-0.05, 0) is 43.3 Å². The highest BCUT2D eigenvalue weighted by Crippen LogP contribution is 2.17. The normalized spacial score (nSPS) is 10.1. The van der Waals surface area contributed by atoms with Gasteiger partial charge in [0.15, 0.2) is 17.9 Å². The molecule has 0 atom stereocenters. The van der Waals surface area contributed by atoms with Crippen molar-refractivity contribution >= 4 is 29.5 Å². The molecule has 0 spiro atoms. The molecule has 0 aromatic heterocycles. The van der Waals surface area contributed by atoms with Crippen LogP contribution < -0.4 is 0 Å². The van der Waals surface area contributed by atoms with E-state index in [1.165, 1.54) is 19.1 Å². The van der Waals surface area contributed by atoms with E-state index in [1.54, 1.807) is 30.3 Å². The number of hydrogen-bond acceptors (Lipinski definition) is 3. The summed E-state index contributed by atoms with van der Waals surface area (Å²) < 4.78 is 0. The van der Waals surface area contributed by atoms with Gasteiger partial charge in [-0.3, -0.25) is 14.4 Å². The molecule has 2 aromatic rings. The molecule has 0 N–H and O–H groups in total. The smallest absolute Gasteiger partial charge is 0.193 e. The number of benzene rings is 2. The number of halogens is 1. The summed E-state index contributed by atoms with van der Waals surface area (Å²) in [5, 5.41) is 0.532. The van der Waals surface area contributed by atoms with Crippen molar-refractivity contribution < 1.29 is 14.4 Å². The van der Waals surface area contributed by atoms with Crippen molar-refractivity contribution in [2.75, 3.05) is 0 Å². The van der Waals surface area contributed by atoms with Crippen LogP contribution in [-0.4, -0.2) is 17.9 Å². The van der Waals surface area contributed by atoms with E-state index in [0.717, 1.165) is 0 Å². The Balaban J connectivity index is 2.46. The molecule has 20 heavy (non-hydrogen) atoms. The molecule has 0 aliphatic heterocycles. The van der Waals surface area contributed by atoms with E-state index < -0.39 is 0 Å². The maximum atomic E-state index is 12.3. The summed E-state index contributed by atoms with van der Waals surface area (Å²) in [5.41, 5.74) is 1.32. The van der Waals surface area contributed by atoms with Crippen LogP contribution in [0.4, 0.5) is 0 Å². The first-order valence-electron chi connectivity index (χ1n) is 5.93. The lowest BCUT2D eigenvalue weighted by Crippen LogP contribution is -2.06. The molecule has 0 bridgehead atoms. The molecule has 100 valence electrons. The van der Waals surface area contributed by atoms with Crippen molar-refractivity contribution in [1.82, 2.24) is 0 Å². The Labute approximate surface area is 121 Å². The molecule has 2 aromatic carbocycles. The van der Waals surface area contributed by atoms with Gasteiger partial charge in [-0.25, -0.2) is 0 Å². The number of carbonyl (C=O) groups is 3. The zero-order chi connectivity index (χ0) is 14.7. The third kappa shape index (κ3) is 2.83. The van der Waals surface area contributed by atoms with Crippen LogP contribution in [0.3, 0.4) is 0 Å². The summed E-state index contributed by atoms with van der Waals surface area (Å²) in [6, 6.07) is 10.9. The number of rotatable bonds is 4. The Morgan fingerprint density at radius 3 is 2.15 bits per heavy atom. The highest BCUT2D eigenvalue weighted by molar-refractivity contribution is 6.30. The summed E-state index contributed by atoms with van der Waals surface area (Å²) >= 11 is 5.77. The van der Waals surface area contributed by atoms with Gasteiger partial charge in [0.05, 0.1) is 0 Å². The van der Waals surface area contributed by atoms with Crippen LogP contribution in [0.25, 0.3) is 0 Å². The number of carbonyl (C=O) groups excluding carboxylic acids is 3. The standard InChI is InChI=1S/C16H11ClO3/c1-10(19)12-4-7-15(13(8-12)9-18)16(20)11-2-5-14(17)6-3-11/h2-9H,1H3. The average molecular weight is 287 g/mol. The van der Waals surface area contributed by atoms with Crippen LogP contribution in [0.15, 0.2) is 42.5 Å². The molecule has 0 aliphatic rings. The van der Waals surface area contributed by atoms with Crippen LogP contribution in [0.5, 0.6) is 0 Å². The average Bonchev–Trinajstić information content (AvgIpc) is 2.46. The van der Waals surface area contributed by atoms with Gasteiger partial charge >= 0.3 is 0 Å². The van der Waals surface area contributed by atoms with Crippen molar-refractivity contribution in [2.24, 2.45) is 0 Å². The molecule has 0 amide bonds. The quantitative estimate of drug-likeness (QED) is 0.637. The molecule has 0 aliphatic carbocycles. The number of Topliss-reactive ketones (excluding diaryl/α,β-unsaturated/α-hetero) is 1. The van der Waals surface area contributed by atoms with Crippen molar-refractivity contribution in [1.29, 1.82) is 0 Å². The van der Waals surface area contributed by atoms with Crippen LogP contribution in [0.2, 0.25) is 5.02 Å². The SMILES string of the molecule is CC(=O)c1ccc(C(=O)c2ccc(Cl)cc2)c(C=O)c1. The molecule has 0 unspecified atom stereocenters. The summed E-state index contributed by atoms with van der Waals surface area (Å²) in [5.74, 6) is -0.433. The van der Waals surface area contributed by atoms with Gasteiger partial charge in [0.2, 0.25) is 0 Å². The second-order valence-corrected chi connectivity index (χ2v) is 4.75. The molecule has 4 heteroatoms. The predicted octanol–water partition coefficient (Wildman–Crippen LogP) is 3.59. The van der Waals surface area contributed by atoms with E-state index in [9.17, 15) is 14.4 Å². The molecule has 0 fully saturated rings. The predicted molar refractivity (Wildman–Crippen MR) is 76.7 cm³/mol. The zero-order valence-electron chi connectivity index (χ0n) is 10.7. The summed E-state index contributed by atoms with van der Waals surface area (Å²) in [4.78, 5) is 34.7. The first kappa shape index (κ1) is 14.2. The fourth-order valence-corrected chi connectivity index (χ4v) is 1.97. The van der Waals surface area contributed by atoms with Gasteiger partial charge in [0.1, 0.15) is 0 Å². The van der Waals surface area contributed by atoms with Crippen molar-refractivity contribution in [3.63, 3.8) is 0 Å². The molecule has 2 rings (SSSR count). The van der Waals surface area contributed by atoms with Gasteiger partial charge in [0.25, 0.3) is 0 Å². The topological polar surface area (TPSA) is 51.2 Å². The maximum absolute atomic E-state index is 12.3. The van der Waals surface area contributed by atoms with E-state index in [-0.39, 0.29) is 22.7 Å². The third-order valence-electron chi connectivity index (χ3n) is 2.94. The van der Waals surface area contributed by atoms with Crippen molar-refractivity contribution in [2.45, 2.75) is 6.92 Å². The molecular weight excluding hydrogens is 276 g/mol. The first-order chi connectivity index (χ1) is 9.52. The Morgan fingerprint density at radius 1 is 1.00 bits per heavy atom. The lowest BCUT2D eigenvalue weighted by atomic mass is 9.96. The largest absolute Gasteiger partial charge is 0.298 e. The van der Waals surface area contributed by atoms with Crippen molar-refractivity contribution in [3.05, 3.63) is 69.7 Å². The monoisotopic (exact) mass is 286 g/mol. The van der Waals surface area contributed by atoms with Gasteiger partial charge in [0, 0.05) is 27.3 Å². The lowest BCUT2D eigenvalue weighted by molar-refractivity contribution is 0.101. The minimum absolute atomic E-state index is 0.154. The minimum atomic E-state index is -0.279. The number of ketones is 2.